The first-order valence-corrected chi connectivity index (χ1v) is 12.2. The normalized spacial score (nSPS) is 11.3. The topological polar surface area (TPSA) is 9.23 Å². The highest BCUT2D eigenvalue weighted by Gasteiger charge is 2.05. The summed E-state index contributed by atoms with van der Waals surface area (Å²) in [4.78, 5) is 1.25. The molecule has 0 spiro atoms. The molecule has 158 valence electrons. The van der Waals surface area contributed by atoms with E-state index in [2.05, 4.69) is 86.7 Å². The molecule has 0 saturated carbocycles. The van der Waals surface area contributed by atoms with Crippen molar-refractivity contribution < 1.29 is 4.74 Å². The van der Waals surface area contributed by atoms with Gasteiger partial charge in [0, 0.05) is 4.88 Å². The maximum Gasteiger partial charge on any atom is 0.174 e. The van der Waals surface area contributed by atoms with E-state index in [9.17, 15) is 0 Å². The van der Waals surface area contributed by atoms with Crippen LogP contribution in [0.25, 0.3) is 21.6 Å². The van der Waals surface area contributed by atoms with E-state index < -0.39 is 0 Å². The van der Waals surface area contributed by atoms with Gasteiger partial charge < -0.3 is 4.74 Å². The summed E-state index contributed by atoms with van der Waals surface area (Å²) in [6, 6.07) is 22.2. The summed E-state index contributed by atoms with van der Waals surface area (Å²) >= 11 is 1.71. The van der Waals surface area contributed by atoms with Gasteiger partial charge >= 0.3 is 0 Å². The number of ether oxygens (including phenoxy) is 1. The molecule has 1 nitrogen and oxygen atoms in total. The number of rotatable bonds is 12. The number of allylic oxidation sites excluding steroid dienone is 1. The maximum atomic E-state index is 5.83. The fourth-order valence-corrected chi connectivity index (χ4v) is 4.35. The lowest BCUT2D eigenvalue weighted by molar-refractivity contribution is 0.373. The van der Waals surface area contributed by atoms with E-state index in [0.29, 0.717) is 6.61 Å². The van der Waals surface area contributed by atoms with Crippen molar-refractivity contribution in [2.75, 3.05) is 6.61 Å². The Morgan fingerprint density at radius 3 is 2.10 bits per heavy atom. The molecule has 0 bridgehead atoms. The van der Waals surface area contributed by atoms with Gasteiger partial charge in [0.2, 0.25) is 0 Å². The third-order valence-corrected chi connectivity index (χ3v) is 6.35. The Labute approximate surface area is 186 Å². The van der Waals surface area contributed by atoms with Gasteiger partial charge in [-0.25, -0.2) is 0 Å². The second-order valence-electron chi connectivity index (χ2n) is 7.77. The van der Waals surface area contributed by atoms with Gasteiger partial charge in [0.05, 0.1) is 0 Å². The van der Waals surface area contributed by atoms with Crippen molar-refractivity contribution in [2.24, 2.45) is 0 Å². The van der Waals surface area contributed by atoms with E-state index in [0.717, 1.165) is 11.5 Å². The smallest absolute Gasteiger partial charge is 0.174 e. The number of hydrogen-bond donors (Lipinski definition) is 0. The fourth-order valence-electron chi connectivity index (χ4n) is 3.48. The summed E-state index contributed by atoms with van der Waals surface area (Å²) in [5.74, 6) is 0. The predicted molar refractivity (Wildman–Crippen MR) is 133 cm³/mol. The zero-order valence-corrected chi connectivity index (χ0v) is 19.2. The van der Waals surface area contributed by atoms with Gasteiger partial charge in [-0.05, 0) is 53.6 Å². The van der Waals surface area contributed by atoms with Gasteiger partial charge in [-0.3, -0.25) is 0 Å². The van der Waals surface area contributed by atoms with Crippen LogP contribution in [-0.4, -0.2) is 6.61 Å². The van der Waals surface area contributed by atoms with E-state index in [-0.39, 0.29) is 0 Å². The summed E-state index contributed by atoms with van der Waals surface area (Å²) in [6.45, 7) is 5.10. The second-order valence-corrected chi connectivity index (χ2v) is 8.82. The molecule has 1 aromatic heterocycles. The minimum atomic E-state index is 0.646. The van der Waals surface area contributed by atoms with Crippen LogP contribution in [0.3, 0.4) is 0 Å². The molecular weight excluding hydrogens is 384 g/mol. The predicted octanol–water partition coefficient (Wildman–Crippen LogP) is 8.94. The molecule has 0 N–H and O–H groups in total. The van der Waals surface area contributed by atoms with Gasteiger partial charge in [-0.2, -0.15) is 0 Å². The Hall–Kier alpha value is -2.32. The van der Waals surface area contributed by atoms with E-state index in [1.165, 1.54) is 65.7 Å². The van der Waals surface area contributed by atoms with Crippen LogP contribution in [0, 0.1) is 0 Å². The quantitative estimate of drug-likeness (QED) is 0.211. The van der Waals surface area contributed by atoms with Crippen LogP contribution in [0.1, 0.15) is 57.9 Å². The number of unbranched alkanes of at least 4 members (excludes halogenated alkanes) is 4. The van der Waals surface area contributed by atoms with Crippen LogP contribution >= 0.6 is 11.3 Å². The van der Waals surface area contributed by atoms with E-state index in [4.69, 9.17) is 4.74 Å². The maximum absolute atomic E-state index is 5.83. The van der Waals surface area contributed by atoms with Crippen molar-refractivity contribution in [1.82, 2.24) is 0 Å². The van der Waals surface area contributed by atoms with Crippen molar-refractivity contribution in [3.63, 3.8) is 0 Å². The second kappa shape index (κ2) is 12.4. The molecule has 0 radical (unpaired) electrons. The van der Waals surface area contributed by atoms with Crippen LogP contribution < -0.4 is 4.74 Å². The van der Waals surface area contributed by atoms with Crippen LogP contribution in [0.5, 0.6) is 5.06 Å². The summed E-state index contributed by atoms with van der Waals surface area (Å²) in [7, 11) is 0. The monoisotopic (exact) mass is 418 g/mol. The highest BCUT2D eigenvalue weighted by molar-refractivity contribution is 7.17. The van der Waals surface area contributed by atoms with Gasteiger partial charge in [-0.1, -0.05) is 112 Å². The fraction of sp³-hybridized carbons (Fsp3) is 0.357. The summed E-state index contributed by atoms with van der Waals surface area (Å²) in [5, 5.41) is 0.977. The molecule has 1 heterocycles. The lowest BCUT2D eigenvalue weighted by atomic mass is 10.00. The molecule has 0 amide bonds. The third-order valence-electron chi connectivity index (χ3n) is 5.30. The zero-order chi connectivity index (χ0) is 21.0. The van der Waals surface area contributed by atoms with E-state index >= 15 is 0 Å². The first kappa shape index (κ1) is 22.4. The van der Waals surface area contributed by atoms with Crippen molar-refractivity contribution in [2.45, 2.75) is 58.8 Å². The number of hydrogen-bond acceptors (Lipinski definition) is 2. The molecule has 2 heteroatoms. The highest BCUT2D eigenvalue weighted by atomic mass is 32.1. The largest absolute Gasteiger partial charge is 0.480 e. The SMILES string of the molecule is CCC/C=C/COc1ccc(-c2ccc(-c3ccc(CCCCCC)cc3)cc2)s1. The Kier molecular flexibility index (Phi) is 9.24. The Balaban J connectivity index is 1.56. The average Bonchev–Trinajstić information content (AvgIpc) is 3.26. The molecule has 0 unspecified atom stereocenters. The molecule has 0 aliphatic heterocycles. The zero-order valence-electron chi connectivity index (χ0n) is 18.4. The Bertz CT molecular complexity index is 887. The number of benzene rings is 2. The Morgan fingerprint density at radius 1 is 0.700 bits per heavy atom. The van der Waals surface area contributed by atoms with Crippen LogP contribution in [0.15, 0.2) is 72.8 Å². The van der Waals surface area contributed by atoms with Gasteiger partial charge in [0.1, 0.15) is 6.61 Å². The summed E-state index contributed by atoms with van der Waals surface area (Å²) in [5.41, 5.74) is 5.24. The molecule has 3 aromatic rings. The standard InChI is InChI=1S/C28H34OS/c1-3-5-7-9-11-23-12-14-24(15-13-23)25-16-18-26(19-17-25)27-20-21-28(30-27)29-22-10-8-6-4-2/h8,10,12-21H,3-7,9,11,22H2,1-2H3/b10-8+. The molecule has 2 aromatic carbocycles. The molecule has 0 saturated heterocycles. The van der Waals surface area contributed by atoms with Gasteiger partial charge in [0.15, 0.2) is 5.06 Å². The first-order valence-electron chi connectivity index (χ1n) is 11.4. The van der Waals surface area contributed by atoms with Crippen molar-refractivity contribution in [3.8, 4) is 26.6 Å². The highest BCUT2D eigenvalue weighted by Crippen LogP contribution is 2.34. The van der Waals surface area contributed by atoms with Crippen molar-refractivity contribution >= 4 is 11.3 Å². The van der Waals surface area contributed by atoms with Crippen LogP contribution in [-0.2, 0) is 6.42 Å². The van der Waals surface area contributed by atoms with Crippen molar-refractivity contribution in [3.05, 3.63) is 78.4 Å². The van der Waals surface area contributed by atoms with Crippen LogP contribution in [0.4, 0.5) is 0 Å². The van der Waals surface area contributed by atoms with Crippen molar-refractivity contribution in [1.29, 1.82) is 0 Å². The molecule has 0 atom stereocenters. The lowest BCUT2D eigenvalue weighted by Crippen LogP contribution is -1.90. The summed E-state index contributed by atoms with van der Waals surface area (Å²) < 4.78 is 5.83. The molecule has 0 fully saturated rings. The first-order chi connectivity index (χ1) is 14.8. The van der Waals surface area contributed by atoms with Gasteiger partial charge in [-0.15, -0.1) is 0 Å². The summed E-state index contributed by atoms with van der Waals surface area (Å²) in [6.07, 6.45) is 13.1. The molecule has 0 aliphatic rings. The molecule has 0 aliphatic carbocycles. The molecular formula is C28H34OS. The Morgan fingerprint density at radius 2 is 1.40 bits per heavy atom. The lowest BCUT2D eigenvalue weighted by Gasteiger charge is -2.06. The van der Waals surface area contributed by atoms with E-state index in [1.807, 2.05) is 0 Å². The average molecular weight is 419 g/mol. The van der Waals surface area contributed by atoms with E-state index in [1.54, 1.807) is 11.3 Å². The number of thiophene rings is 1. The minimum absolute atomic E-state index is 0.646. The minimum Gasteiger partial charge on any atom is -0.480 e. The van der Waals surface area contributed by atoms with Gasteiger partial charge in [0.25, 0.3) is 0 Å². The number of aryl methyl sites for hydroxylation is 1. The van der Waals surface area contributed by atoms with Crippen LogP contribution in [0.2, 0.25) is 0 Å². The third kappa shape index (κ3) is 6.88. The molecule has 30 heavy (non-hydrogen) atoms. The molecule has 3 rings (SSSR count).